The van der Waals surface area contributed by atoms with Crippen LogP contribution >= 0.6 is 0 Å². The second-order valence-electron chi connectivity index (χ2n) is 6.68. The van der Waals surface area contributed by atoms with Crippen molar-refractivity contribution in [3.63, 3.8) is 0 Å². The molecule has 4 nitrogen and oxygen atoms in total. The van der Waals surface area contributed by atoms with Gasteiger partial charge in [-0.1, -0.05) is 43.5 Å². The normalized spacial score (nSPS) is 14.9. The molecule has 27 heavy (non-hydrogen) atoms. The third-order valence-electron chi connectivity index (χ3n) is 4.69. The Bertz CT molecular complexity index is 893. The van der Waals surface area contributed by atoms with Crippen LogP contribution in [0.1, 0.15) is 30.4 Å². The average molecular weight is 362 g/mol. The molecule has 0 amide bonds. The number of rotatable bonds is 6. The number of carbonyl (C=O) groups is 2. The minimum atomic E-state index is -0.427. The van der Waals surface area contributed by atoms with E-state index in [1.54, 1.807) is 19.1 Å². The molecule has 0 fully saturated rings. The minimum Gasteiger partial charge on any atom is -0.462 e. The lowest BCUT2D eigenvalue weighted by atomic mass is 9.97. The van der Waals surface area contributed by atoms with Gasteiger partial charge in [-0.25, -0.2) is 9.59 Å². The average Bonchev–Trinajstić information content (AvgIpc) is 3.08. The van der Waals surface area contributed by atoms with E-state index in [1.165, 1.54) is 17.2 Å². The summed E-state index contributed by atoms with van der Waals surface area (Å²) in [5, 5.41) is 0. The fraction of sp³-hybridized carbons (Fsp3) is 0.217. The van der Waals surface area contributed by atoms with Crippen molar-refractivity contribution in [2.75, 3.05) is 6.61 Å². The van der Waals surface area contributed by atoms with E-state index in [2.05, 4.69) is 31.4 Å². The van der Waals surface area contributed by atoms with Crippen LogP contribution in [0.15, 0.2) is 67.3 Å². The van der Waals surface area contributed by atoms with E-state index >= 15 is 0 Å². The largest absolute Gasteiger partial charge is 0.462 e. The summed E-state index contributed by atoms with van der Waals surface area (Å²) in [6, 6.07) is 13.8. The van der Waals surface area contributed by atoms with E-state index < -0.39 is 5.97 Å². The Balaban J connectivity index is 1.72. The summed E-state index contributed by atoms with van der Waals surface area (Å²) in [4.78, 5) is 22.9. The molecule has 4 heteroatoms. The third-order valence-corrected chi connectivity index (χ3v) is 4.69. The second-order valence-corrected chi connectivity index (χ2v) is 6.68. The van der Waals surface area contributed by atoms with Crippen molar-refractivity contribution in [3.05, 3.63) is 78.4 Å². The molecule has 0 bridgehead atoms. The third kappa shape index (κ3) is 4.34. The van der Waals surface area contributed by atoms with Gasteiger partial charge in [-0.05, 0) is 54.2 Å². The molecule has 1 unspecified atom stereocenters. The van der Waals surface area contributed by atoms with E-state index in [0.29, 0.717) is 17.9 Å². The van der Waals surface area contributed by atoms with Gasteiger partial charge in [-0.2, -0.15) is 0 Å². The maximum Gasteiger partial charge on any atom is 0.338 e. The highest BCUT2D eigenvalue weighted by Gasteiger charge is 2.23. The van der Waals surface area contributed by atoms with Crippen molar-refractivity contribution in [1.82, 2.24) is 0 Å². The summed E-state index contributed by atoms with van der Waals surface area (Å²) in [6.45, 7) is 9.00. The van der Waals surface area contributed by atoms with Gasteiger partial charge in [0.1, 0.15) is 5.75 Å². The molecule has 1 atom stereocenters. The number of esters is 2. The molecule has 0 heterocycles. The van der Waals surface area contributed by atoms with Crippen molar-refractivity contribution in [2.24, 2.45) is 0 Å². The highest BCUT2D eigenvalue weighted by Crippen LogP contribution is 2.36. The molecular weight excluding hydrogens is 340 g/mol. The van der Waals surface area contributed by atoms with Gasteiger partial charge in [-0.15, -0.1) is 0 Å². The Morgan fingerprint density at radius 1 is 1.15 bits per heavy atom. The molecule has 0 spiro atoms. The van der Waals surface area contributed by atoms with Crippen molar-refractivity contribution < 1.29 is 19.1 Å². The Kier molecular flexibility index (Phi) is 5.55. The monoisotopic (exact) mass is 362 g/mol. The zero-order chi connectivity index (χ0) is 19.4. The maximum atomic E-state index is 11.6. The maximum absolute atomic E-state index is 11.6. The minimum absolute atomic E-state index is 0.238. The first-order chi connectivity index (χ1) is 13.0. The first-order valence-corrected chi connectivity index (χ1v) is 8.88. The number of hydrogen-bond donors (Lipinski definition) is 0. The lowest BCUT2D eigenvalue weighted by Gasteiger charge is -2.12. The summed E-state index contributed by atoms with van der Waals surface area (Å²) < 4.78 is 10.4. The first-order valence-electron chi connectivity index (χ1n) is 8.88. The van der Waals surface area contributed by atoms with Crippen LogP contribution in [-0.2, 0) is 20.7 Å². The molecule has 2 aromatic rings. The summed E-state index contributed by atoms with van der Waals surface area (Å²) in [7, 11) is 0. The van der Waals surface area contributed by atoms with Gasteiger partial charge in [-0.3, -0.25) is 0 Å². The molecule has 0 saturated heterocycles. The Morgan fingerprint density at radius 3 is 2.52 bits per heavy atom. The molecule has 0 aromatic heterocycles. The number of benzene rings is 2. The van der Waals surface area contributed by atoms with Gasteiger partial charge in [0.15, 0.2) is 0 Å². The lowest BCUT2D eigenvalue weighted by molar-refractivity contribution is -0.138. The number of fused-ring (bicyclic) bond motifs is 1. The predicted molar refractivity (Wildman–Crippen MR) is 105 cm³/mol. The van der Waals surface area contributed by atoms with Crippen LogP contribution in [0.25, 0.3) is 11.1 Å². The quantitative estimate of drug-likeness (QED) is 0.428. The second kappa shape index (κ2) is 8.04. The van der Waals surface area contributed by atoms with Crippen LogP contribution in [-0.4, -0.2) is 18.5 Å². The topological polar surface area (TPSA) is 52.6 Å². The van der Waals surface area contributed by atoms with E-state index in [-0.39, 0.29) is 11.9 Å². The van der Waals surface area contributed by atoms with E-state index in [0.717, 1.165) is 24.0 Å². The Morgan fingerprint density at radius 2 is 1.85 bits per heavy atom. The van der Waals surface area contributed by atoms with Crippen LogP contribution < -0.4 is 4.74 Å². The lowest BCUT2D eigenvalue weighted by Crippen LogP contribution is -2.09. The SMILES string of the molecule is C=CC(=O)OCC1CCc2cc(-c3ccc(OC(=O)C(=C)C)cc3)ccc21. The first kappa shape index (κ1) is 18.6. The smallest absolute Gasteiger partial charge is 0.338 e. The molecule has 1 aliphatic carbocycles. The molecule has 0 saturated carbocycles. The number of aryl methyl sites for hydroxylation is 1. The Hall–Kier alpha value is -3.14. The molecule has 0 N–H and O–H groups in total. The molecule has 1 aliphatic rings. The zero-order valence-corrected chi connectivity index (χ0v) is 15.4. The van der Waals surface area contributed by atoms with E-state index in [4.69, 9.17) is 9.47 Å². The van der Waals surface area contributed by atoms with E-state index in [1.807, 2.05) is 12.1 Å². The van der Waals surface area contributed by atoms with Gasteiger partial charge < -0.3 is 9.47 Å². The standard InChI is InChI=1S/C23H22O4/c1-4-22(24)26-14-19-6-5-18-13-17(9-12-21(18)19)16-7-10-20(11-8-16)27-23(25)15(2)3/h4,7-13,19H,1-2,5-6,14H2,3H3. The van der Waals surface area contributed by atoms with Crippen LogP contribution in [0, 0.1) is 0 Å². The predicted octanol–water partition coefficient (Wildman–Crippen LogP) is 4.59. The zero-order valence-electron chi connectivity index (χ0n) is 15.4. The van der Waals surface area contributed by atoms with Crippen LogP contribution in [0.3, 0.4) is 0 Å². The van der Waals surface area contributed by atoms with Gasteiger partial charge in [0.2, 0.25) is 0 Å². The molecule has 0 aliphatic heterocycles. The number of ether oxygens (including phenoxy) is 2. The van der Waals surface area contributed by atoms with E-state index in [9.17, 15) is 9.59 Å². The van der Waals surface area contributed by atoms with Gasteiger partial charge in [0, 0.05) is 17.6 Å². The molecular formula is C23H22O4. The van der Waals surface area contributed by atoms with Crippen LogP contribution in [0.5, 0.6) is 5.75 Å². The molecule has 3 rings (SSSR count). The van der Waals surface area contributed by atoms with Gasteiger partial charge >= 0.3 is 11.9 Å². The van der Waals surface area contributed by atoms with Crippen LogP contribution in [0.4, 0.5) is 0 Å². The highest BCUT2D eigenvalue weighted by molar-refractivity contribution is 5.88. The summed E-state index contributed by atoms with van der Waals surface area (Å²) >= 11 is 0. The van der Waals surface area contributed by atoms with Gasteiger partial charge in [0.25, 0.3) is 0 Å². The fourth-order valence-corrected chi connectivity index (χ4v) is 3.21. The fourth-order valence-electron chi connectivity index (χ4n) is 3.21. The summed E-state index contributed by atoms with van der Waals surface area (Å²) in [6.07, 6.45) is 3.13. The summed E-state index contributed by atoms with van der Waals surface area (Å²) in [5.74, 6) is -0.0742. The van der Waals surface area contributed by atoms with Crippen molar-refractivity contribution in [2.45, 2.75) is 25.7 Å². The number of carbonyl (C=O) groups excluding carboxylic acids is 2. The van der Waals surface area contributed by atoms with Crippen molar-refractivity contribution in [3.8, 4) is 16.9 Å². The van der Waals surface area contributed by atoms with Gasteiger partial charge in [0.05, 0.1) is 6.61 Å². The van der Waals surface area contributed by atoms with Crippen LogP contribution in [0.2, 0.25) is 0 Å². The summed E-state index contributed by atoms with van der Waals surface area (Å²) in [5.41, 5.74) is 5.04. The highest BCUT2D eigenvalue weighted by atomic mass is 16.5. The Labute approximate surface area is 159 Å². The molecule has 138 valence electrons. The van der Waals surface area contributed by atoms with Crippen molar-refractivity contribution >= 4 is 11.9 Å². The molecule has 2 aromatic carbocycles. The van der Waals surface area contributed by atoms with Crippen molar-refractivity contribution in [1.29, 1.82) is 0 Å². The molecule has 0 radical (unpaired) electrons. The number of hydrogen-bond acceptors (Lipinski definition) is 4.